The molecule has 0 N–H and O–H groups in total. The maximum absolute atomic E-state index is 12.5. The minimum Gasteiger partial charge on any atom is -0.397 e. The zero-order chi connectivity index (χ0) is 17.9. The van der Waals surface area contributed by atoms with E-state index >= 15 is 0 Å². The highest BCUT2D eigenvalue weighted by Crippen LogP contribution is 2.26. The average molecular weight is 353 g/mol. The molecule has 1 saturated heterocycles. The number of hydrogen-bond donors (Lipinski definition) is 0. The van der Waals surface area contributed by atoms with E-state index in [1.807, 2.05) is 25.7 Å². The van der Waals surface area contributed by atoms with Crippen LogP contribution in [0.1, 0.15) is 51.5 Å². The van der Waals surface area contributed by atoms with Crippen LogP contribution in [0, 0.1) is 5.41 Å². The second-order valence-electron chi connectivity index (χ2n) is 7.05. The molecule has 0 bridgehead atoms. The van der Waals surface area contributed by atoms with E-state index in [-0.39, 0.29) is 17.1 Å². The van der Waals surface area contributed by atoms with Gasteiger partial charge in [-0.25, -0.2) is 0 Å². The highest BCUT2D eigenvalue weighted by molar-refractivity contribution is 7.11. The summed E-state index contributed by atoms with van der Waals surface area (Å²) in [5.41, 5.74) is -0.196. The maximum atomic E-state index is 12.5. The molecule has 6 nitrogen and oxygen atoms in total. The van der Waals surface area contributed by atoms with E-state index in [4.69, 9.17) is 4.74 Å². The fourth-order valence-electron chi connectivity index (χ4n) is 2.37. The molecule has 1 fully saturated rings. The predicted octanol–water partition coefficient (Wildman–Crippen LogP) is 2.65. The van der Waals surface area contributed by atoms with Gasteiger partial charge in [0.05, 0.1) is 5.41 Å². The first-order valence-electron chi connectivity index (χ1n) is 8.45. The van der Waals surface area contributed by atoms with Crippen LogP contribution in [-0.2, 0) is 4.79 Å². The van der Waals surface area contributed by atoms with Crippen molar-refractivity contribution in [3.63, 3.8) is 0 Å². The largest absolute Gasteiger partial charge is 0.397 e. The van der Waals surface area contributed by atoms with E-state index < -0.39 is 5.41 Å². The number of carbonyl (C=O) groups is 2. The predicted molar refractivity (Wildman–Crippen MR) is 94.4 cm³/mol. The Morgan fingerprint density at radius 1 is 1.29 bits per heavy atom. The quantitative estimate of drug-likeness (QED) is 0.762. The zero-order valence-corrected chi connectivity index (χ0v) is 16.0. The van der Waals surface area contributed by atoms with E-state index in [0.29, 0.717) is 31.2 Å². The normalized spacial score (nSPS) is 16.5. The summed E-state index contributed by atoms with van der Waals surface area (Å²) in [5.74, 6) is -0.407. The molecule has 2 rings (SSSR count). The number of aromatic nitrogens is 1. The number of ether oxygens (including phenoxy) is 1. The molecule has 7 heteroatoms. The first-order chi connectivity index (χ1) is 11.2. The summed E-state index contributed by atoms with van der Waals surface area (Å²) in [4.78, 5) is 33.0. The monoisotopic (exact) mass is 353 g/mol. The van der Waals surface area contributed by atoms with Crippen molar-refractivity contribution in [1.29, 1.82) is 0 Å². The van der Waals surface area contributed by atoms with Gasteiger partial charge in [-0.15, -0.1) is 0 Å². The van der Waals surface area contributed by atoms with Gasteiger partial charge in [0.2, 0.25) is 0 Å². The summed E-state index contributed by atoms with van der Waals surface area (Å²) in [6.45, 7) is 13.1. The van der Waals surface area contributed by atoms with E-state index in [9.17, 15) is 9.59 Å². The van der Waals surface area contributed by atoms with Crippen molar-refractivity contribution in [2.45, 2.75) is 47.1 Å². The van der Waals surface area contributed by atoms with Crippen molar-refractivity contribution in [2.75, 3.05) is 26.2 Å². The summed E-state index contributed by atoms with van der Waals surface area (Å²) in [6.07, 6.45) is 0.684. The first kappa shape index (κ1) is 18.9. The number of rotatable bonds is 5. The van der Waals surface area contributed by atoms with Crippen molar-refractivity contribution >= 4 is 23.2 Å². The first-order valence-corrected chi connectivity index (χ1v) is 9.33. The molecule has 1 aliphatic heterocycles. The number of hydrogen-bond acceptors (Lipinski definition) is 6. The fourth-order valence-corrected chi connectivity index (χ4v) is 3.01. The lowest BCUT2D eigenvalue weighted by Crippen LogP contribution is -2.50. The molecule has 1 amide bonds. The van der Waals surface area contributed by atoms with Gasteiger partial charge in [0.25, 0.3) is 11.1 Å². The van der Waals surface area contributed by atoms with E-state index in [1.54, 1.807) is 5.38 Å². The van der Waals surface area contributed by atoms with E-state index in [2.05, 4.69) is 23.7 Å². The highest BCUT2D eigenvalue weighted by atomic mass is 32.1. The van der Waals surface area contributed by atoms with Gasteiger partial charge >= 0.3 is 5.97 Å². The summed E-state index contributed by atoms with van der Waals surface area (Å²) >= 11 is 1.19. The Kier molecular flexibility index (Phi) is 5.98. The Bertz CT molecular complexity index is 590. The van der Waals surface area contributed by atoms with Gasteiger partial charge in [-0.1, -0.05) is 18.3 Å². The number of amides is 1. The van der Waals surface area contributed by atoms with Crippen LogP contribution in [0.3, 0.4) is 0 Å². The van der Waals surface area contributed by atoms with Crippen LogP contribution >= 0.6 is 11.3 Å². The number of carbonyl (C=O) groups excluding carboxylic acids is 2. The molecule has 0 spiro atoms. The zero-order valence-electron chi connectivity index (χ0n) is 15.2. The Labute approximate surface area is 147 Å². The minimum absolute atomic E-state index is 0.0910. The Morgan fingerprint density at radius 3 is 2.46 bits per heavy atom. The minimum atomic E-state index is -0.553. The van der Waals surface area contributed by atoms with Crippen molar-refractivity contribution in [2.24, 2.45) is 5.41 Å². The van der Waals surface area contributed by atoms with Crippen LogP contribution in [0.15, 0.2) is 5.38 Å². The molecule has 0 atom stereocenters. The number of nitrogens with zero attached hydrogens (tertiary/aromatic N) is 3. The van der Waals surface area contributed by atoms with E-state index in [0.717, 1.165) is 13.1 Å². The van der Waals surface area contributed by atoms with E-state index in [1.165, 1.54) is 11.3 Å². The number of thiazole rings is 1. The van der Waals surface area contributed by atoms with Crippen LogP contribution in [0.4, 0.5) is 0 Å². The van der Waals surface area contributed by atoms with Crippen molar-refractivity contribution < 1.29 is 14.3 Å². The molecule has 0 unspecified atom stereocenters. The lowest BCUT2D eigenvalue weighted by molar-refractivity contribution is -0.144. The molecule has 0 radical (unpaired) electrons. The Hall–Kier alpha value is -1.47. The molecular formula is C17H27N3O3S. The van der Waals surface area contributed by atoms with Gasteiger partial charge in [0, 0.05) is 37.6 Å². The molecule has 0 saturated carbocycles. The van der Waals surface area contributed by atoms with Crippen molar-refractivity contribution in [3.05, 3.63) is 11.1 Å². The highest BCUT2D eigenvalue weighted by Gasteiger charge is 2.29. The molecular weight excluding hydrogens is 326 g/mol. The van der Waals surface area contributed by atoms with Crippen LogP contribution in [0.25, 0.3) is 0 Å². The van der Waals surface area contributed by atoms with Gasteiger partial charge in [-0.05, 0) is 34.1 Å². The number of esters is 1. The molecule has 2 heterocycles. The second kappa shape index (κ2) is 7.61. The third-order valence-corrected chi connectivity index (χ3v) is 5.37. The average Bonchev–Trinajstić information content (AvgIpc) is 3.02. The SMILES string of the molecule is CCC(C)(C)C(=O)Oc1nc(C(=O)N2CCN(C(C)C)CC2)cs1. The lowest BCUT2D eigenvalue weighted by Gasteiger charge is -2.36. The molecule has 1 aromatic rings. The van der Waals surface area contributed by atoms with Crippen molar-refractivity contribution in [3.8, 4) is 5.19 Å². The molecule has 1 aromatic heterocycles. The smallest absolute Gasteiger partial charge is 0.318 e. The summed E-state index contributed by atoms with van der Waals surface area (Å²) in [6, 6.07) is 0.495. The van der Waals surface area contributed by atoms with Crippen LogP contribution in [-0.4, -0.2) is 58.9 Å². The standard InChI is InChI=1S/C17H27N3O3S/c1-6-17(4,5)15(22)23-16-18-13(11-24-16)14(21)20-9-7-19(8-10-20)12(2)3/h11-12H,6-10H2,1-5H3. The summed E-state index contributed by atoms with van der Waals surface area (Å²) in [7, 11) is 0. The van der Waals surface area contributed by atoms with Gasteiger partial charge in [-0.3, -0.25) is 14.5 Å². The topological polar surface area (TPSA) is 62.7 Å². The van der Waals surface area contributed by atoms with Crippen LogP contribution in [0.5, 0.6) is 5.19 Å². The Balaban J connectivity index is 1.96. The van der Waals surface area contributed by atoms with Crippen molar-refractivity contribution in [1.82, 2.24) is 14.8 Å². The third-order valence-electron chi connectivity index (χ3n) is 4.65. The fraction of sp³-hybridized carbons (Fsp3) is 0.706. The molecule has 0 aromatic carbocycles. The molecule has 1 aliphatic rings. The number of piperazine rings is 1. The second-order valence-corrected chi connectivity index (χ2v) is 7.87. The van der Waals surface area contributed by atoms with Gasteiger partial charge < -0.3 is 9.64 Å². The molecule has 24 heavy (non-hydrogen) atoms. The van der Waals surface area contributed by atoms with Crippen LogP contribution in [0.2, 0.25) is 0 Å². The van der Waals surface area contributed by atoms with Crippen LogP contribution < -0.4 is 4.74 Å². The third kappa shape index (κ3) is 4.33. The molecule has 0 aliphatic carbocycles. The summed E-state index contributed by atoms with van der Waals surface area (Å²) in [5, 5.41) is 1.91. The van der Waals surface area contributed by atoms with Gasteiger partial charge in [-0.2, -0.15) is 4.98 Å². The van der Waals surface area contributed by atoms with Gasteiger partial charge in [0.15, 0.2) is 0 Å². The summed E-state index contributed by atoms with van der Waals surface area (Å²) < 4.78 is 5.33. The molecule has 134 valence electrons. The maximum Gasteiger partial charge on any atom is 0.318 e. The Morgan fingerprint density at radius 2 is 1.92 bits per heavy atom. The van der Waals surface area contributed by atoms with Gasteiger partial charge in [0.1, 0.15) is 5.69 Å². The lowest BCUT2D eigenvalue weighted by atomic mass is 9.91.